The van der Waals surface area contributed by atoms with Gasteiger partial charge < -0.3 is 5.32 Å². The largest absolute Gasteiger partial charge is 0.317 e. The highest BCUT2D eigenvalue weighted by Gasteiger charge is 2.22. The third-order valence-corrected chi connectivity index (χ3v) is 2.31. The Morgan fingerprint density at radius 2 is 1.47 bits per heavy atom. The molecule has 0 radical (unpaired) electrons. The molecule has 0 aromatic heterocycles. The fourth-order valence-corrected chi connectivity index (χ4v) is 1.58. The van der Waals surface area contributed by atoms with Gasteiger partial charge >= 0.3 is 0 Å². The van der Waals surface area contributed by atoms with Crippen LogP contribution >= 0.6 is 0 Å². The number of hydrogen-bond donors (Lipinski definition) is 1. The number of rotatable bonds is 2. The molecule has 0 bridgehead atoms. The van der Waals surface area contributed by atoms with Crippen molar-refractivity contribution in [3.8, 4) is 0 Å². The lowest BCUT2D eigenvalue weighted by molar-refractivity contribution is -0.126. The number of piperidine rings is 1. The minimum Gasteiger partial charge on any atom is -0.317 e. The monoisotopic (exact) mass is 215 g/mol. The average Bonchev–Trinajstić information content (AvgIpc) is 2.34. The SMILES string of the molecule is CC.CC.CC(C)C(=O)C1CCNCC1. The molecule has 2 heteroatoms. The molecule has 1 aliphatic heterocycles. The van der Waals surface area contributed by atoms with Crippen molar-refractivity contribution in [1.82, 2.24) is 5.32 Å². The molecule has 1 saturated heterocycles. The van der Waals surface area contributed by atoms with Crippen molar-refractivity contribution in [3.63, 3.8) is 0 Å². The molecular weight excluding hydrogens is 186 g/mol. The van der Waals surface area contributed by atoms with E-state index in [1.54, 1.807) is 0 Å². The lowest BCUT2D eigenvalue weighted by Crippen LogP contribution is -2.33. The van der Waals surface area contributed by atoms with Crippen LogP contribution in [0.3, 0.4) is 0 Å². The van der Waals surface area contributed by atoms with Crippen LogP contribution in [0.5, 0.6) is 0 Å². The molecule has 0 atom stereocenters. The van der Waals surface area contributed by atoms with Crippen molar-refractivity contribution in [2.75, 3.05) is 13.1 Å². The first kappa shape index (κ1) is 17.0. The van der Waals surface area contributed by atoms with Crippen molar-refractivity contribution in [2.24, 2.45) is 11.8 Å². The second-order valence-electron chi connectivity index (χ2n) is 3.58. The van der Waals surface area contributed by atoms with Crippen molar-refractivity contribution in [1.29, 1.82) is 0 Å². The number of hydrogen-bond acceptors (Lipinski definition) is 2. The normalized spacial score (nSPS) is 15.9. The van der Waals surface area contributed by atoms with Gasteiger partial charge in [0.05, 0.1) is 0 Å². The number of carbonyl (C=O) groups excluding carboxylic acids is 1. The number of carbonyl (C=O) groups is 1. The van der Waals surface area contributed by atoms with Gasteiger partial charge in [-0.1, -0.05) is 41.5 Å². The van der Waals surface area contributed by atoms with Gasteiger partial charge in [-0.05, 0) is 25.9 Å². The third kappa shape index (κ3) is 7.55. The zero-order valence-electron chi connectivity index (χ0n) is 11.4. The van der Waals surface area contributed by atoms with Crippen LogP contribution in [0.2, 0.25) is 0 Å². The molecule has 0 amide bonds. The molecule has 2 nitrogen and oxygen atoms in total. The predicted molar refractivity (Wildman–Crippen MR) is 68.1 cm³/mol. The zero-order chi connectivity index (χ0) is 12.3. The molecule has 1 rings (SSSR count). The topological polar surface area (TPSA) is 29.1 Å². The van der Waals surface area contributed by atoms with E-state index in [-0.39, 0.29) is 5.92 Å². The lowest BCUT2D eigenvalue weighted by Gasteiger charge is -2.22. The number of nitrogens with one attached hydrogen (secondary N) is 1. The fourth-order valence-electron chi connectivity index (χ4n) is 1.58. The van der Waals surface area contributed by atoms with Crippen molar-refractivity contribution >= 4 is 5.78 Å². The summed E-state index contributed by atoms with van der Waals surface area (Å²) >= 11 is 0. The first-order valence-corrected chi connectivity index (χ1v) is 6.46. The molecule has 1 N–H and O–H groups in total. The van der Waals surface area contributed by atoms with E-state index in [1.165, 1.54) is 0 Å². The molecule has 92 valence electrons. The minimum absolute atomic E-state index is 0.220. The van der Waals surface area contributed by atoms with Gasteiger partial charge in [-0.3, -0.25) is 4.79 Å². The van der Waals surface area contributed by atoms with E-state index in [0.29, 0.717) is 11.7 Å². The fraction of sp³-hybridized carbons (Fsp3) is 0.923. The Labute approximate surface area is 95.8 Å². The van der Waals surface area contributed by atoms with Gasteiger partial charge in [0.1, 0.15) is 5.78 Å². The Kier molecular flexibility index (Phi) is 13.3. The molecule has 0 aromatic rings. The minimum atomic E-state index is 0.220. The second-order valence-corrected chi connectivity index (χ2v) is 3.58. The Balaban J connectivity index is 0. The Morgan fingerprint density at radius 3 is 1.80 bits per heavy atom. The van der Waals surface area contributed by atoms with Crippen LogP contribution in [-0.2, 0) is 4.79 Å². The molecule has 1 heterocycles. The summed E-state index contributed by atoms with van der Waals surface area (Å²) in [6.07, 6.45) is 2.08. The van der Waals surface area contributed by atoms with Gasteiger partial charge in [0.15, 0.2) is 0 Å². The van der Waals surface area contributed by atoms with E-state index in [9.17, 15) is 4.79 Å². The summed E-state index contributed by atoms with van der Waals surface area (Å²) in [5, 5.41) is 3.26. The maximum absolute atomic E-state index is 11.5. The van der Waals surface area contributed by atoms with Gasteiger partial charge in [0, 0.05) is 11.8 Å². The van der Waals surface area contributed by atoms with E-state index in [2.05, 4.69) is 5.32 Å². The molecule has 1 fully saturated rings. The summed E-state index contributed by atoms with van der Waals surface area (Å²) in [6, 6.07) is 0. The molecular formula is C13H29NO. The number of Topliss-reactive ketones (excluding diaryl/α,β-unsaturated/α-hetero) is 1. The maximum Gasteiger partial charge on any atom is 0.138 e. The Hall–Kier alpha value is -0.370. The molecule has 0 aliphatic carbocycles. The highest BCUT2D eigenvalue weighted by molar-refractivity contribution is 5.82. The summed E-state index contributed by atoms with van der Waals surface area (Å²) in [6.45, 7) is 14.0. The van der Waals surface area contributed by atoms with Gasteiger partial charge in [-0.25, -0.2) is 0 Å². The van der Waals surface area contributed by atoms with Crippen molar-refractivity contribution in [3.05, 3.63) is 0 Å². The van der Waals surface area contributed by atoms with E-state index < -0.39 is 0 Å². The Morgan fingerprint density at radius 1 is 1.07 bits per heavy atom. The van der Waals surface area contributed by atoms with Crippen LogP contribution < -0.4 is 5.32 Å². The van der Waals surface area contributed by atoms with Crippen molar-refractivity contribution < 1.29 is 4.79 Å². The van der Waals surface area contributed by atoms with Crippen LogP contribution in [0, 0.1) is 11.8 Å². The predicted octanol–water partition coefficient (Wildman–Crippen LogP) is 3.26. The molecule has 0 unspecified atom stereocenters. The van der Waals surface area contributed by atoms with Gasteiger partial charge in [-0.2, -0.15) is 0 Å². The summed E-state index contributed by atoms with van der Waals surface area (Å²) < 4.78 is 0. The Bertz CT molecular complexity index is 137. The average molecular weight is 215 g/mol. The third-order valence-electron chi connectivity index (χ3n) is 2.31. The van der Waals surface area contributed by atoms with Crippen LogP contribution in [0.1, 0.15) is 54.4 Å². The van der Waals surface area contributed by atoms with Crippen molar-refractivity contribution in [2.45, 2.75) is 54.4 Å². The van der Waals surface area contributed by atoms with E-state index in [1.807, 2.05) is 41.5 Å². The van der Waals surface area contributed by atoms with Crippen LogP contribution in [0.4, 0.5) is 0 Å². The molecule has 1 aliphatic rings. The summed E-state index contributed by atoms with van der Waals surface area (Å²) in [7, 11) is 0. The first-order valence-electron chi connectivity index (χ1n) is 6.46. The highest BCUT2D eigenvalue weighted by atomic mass is 16.1. The van der Waals surface area contributed by atoms with Gasteiger partial charge in [0.25, 0.3) is 0 Å². The van der Waals surface area contributed by atoms with Crippen LogP contribution in [0.25, 0.3) is 0 Å². The van der Waals surface area contributed by atoms with Gasteiger partial charge in [-0.15, -0.1) is 0 Å². The quantitative estimate of drug-likeness (QED) is 0.766. The van der Waals surface area contributed by atoms with E-state index in [4.69, 9.17) is 0 Å². The first-order chi connectivity index (χ1) is 7.22. The van der Waals surface area contributed by atoms with E-state index in [0.717, 1.165) is 25.9 Å². The highest BCUT2D eigenvalue weighted by Crippen LogP contribution is 2.16. The zero-order valence-corrected chi connectivity index (χ0v) is 11.4. The van der Waals surface area contributed by atoms with Crippen LogP contribution in [-0.4, -0.2) is 18.9 Å². The lowest BCUT2D eigenvalue weighted by atomic mass is 9.88. The van der Waals surface area contributed by atoms with Gasteiger partial charge in [0.2, 0.25) is 0 Å². The number of ketones is 1. The molecule has 0 aromatic carbocycles. The second kappa shape index (κ2) is 11.7. The smallest absolute Gasteiger partial charge is 0.138 e. The summed E-state index contributed by atoms with van der Waals surface area (Å²) in [5.74, 6) is 1.01. The summed E-state index contributed by atoms with van der Waals surface area (Å²) in [4.78, 5) is 11.5. The van der Waals surface area contributed by atoms with E-state index >= 15 is 0 Å². The summed E-state index contributed by atoms with van der Waals surface area (Å²) in [5.41, 5.74) is 0. The molecule has 0 spiro atoms. The van der Waals surface area contributed by atoms with Crippen LogP contribution in [0.15, 0.2) is 0 Å². The molecule has 15 heavy (non-hydrogen) atoms. The molecule has 0 saturated carbocycles. The maximum atomic E-state index is 11.5. The standard InChI is InChI=1S/C9H17NO.2C2H6/c1-7(2)9(11)8-3-5-10-6-4-8;2*1-2/h7-8,10H,3-6H2,1-2H3;2*1-2H3.